The van der Waals surface area contributed by atoms with E-state index in [9.17, 15) is 0 Å². The lowest BCUT2D eigenvalue weighted by molar-refractivity contribution is 0.0498. The molecule has 0 amide bonds. The SMILES string of the molecule is Clc1ccc(CNCC2(c3ccccc3)CCOCC2)c(Cl)c1. The van der Waals surface area contributed by atoms with Gasteiger partial charge < -0.3 is 10.1 Å². The lowest BCUT2D eigenvalue weighted by Gasteiger charge is -2.38. The molecule has 0 radical (unpaired) electrons. The number of hydrogen-bond donors (Lipinski definition) is 1. The molecule has 0 spiro atoms. The molecule has 0 aliphatic carbocycles. The van der Waals surface area contributed by atoms with Crippen LogP contribution in [0.15, 0.2) is 48.5 Å². The van der Waals surface area contributed by atoms with Crippen molar-refractivity contribution in [2.24, 2.45) is 0 Å². The number of nitrogens with one attached hydrogen (secondary N) is 1. The third-order valence-corrected chi connectivity index (χ3v) is 5.22. The molecule has 3 rings (SSSR count). The van der Waals surface area contributed by atoms with Crippen LogP contribution in [0.1, 0.15) is 24.0 Å². The average molecular weight is 350 g/mol. The fourth-order valence-electron chi connectivity index (χ4n) is 3.22. The molecular weight excluding hydrogens is 329 g/mol. The van der Waals surface area contributed by atoms with Gasteiger partial charge in [-0.2, -0.15) is 0 Å². The number of benzene rings is 2. The van der Waals surface area contributed by atoms with Crippen molar-refractivity contribution in [3.05, 3.63) is 69.7 Å². The second-order valence-electron chi connectivity index (χ2n) is 6.10. The van der Waals surface area contributed by atoms with Crippen molar-refractivity contribution >= 4 is 23.2 Å². The van der Waals surface area contributed by atoms with Crippen LogP contribution >= 0.6 is 23.2 Å². The maximum Gasteiger partial charge on any atom is 0.0475 e. The van der Waals surface area contributed by atoms with E-state index in [-0.39, 0.29) is 5.41 Å². The first-order valence-electron chi connectivity index (χ1n) is 7.98. The third kappa shape index (κ3) is 4.07. The van der Waals surface area contributed by atoms with Gasteiger partial charge in [-0.05, 0) is 36.1 Å². The van der Waals surface area contributed by atoms with Crippen LogP contribution in [0, 0.1) is 0 Å². The molecule has 2 aromatic rings. The minimum atomic E-state index is 0.137. The molecule has 122 valence electrons. The van der Waals surface area contributed by atoms with Gasteiger partial charge in [-0.15, -0.1) is 0 Å². The Morgan fingerprint density at radius 2 is 1.74 bits per heavy atom. The van der Waals surface area contributed by atoms with Gasteiger partial charge in [0.05, 0.1) is 0 Å². The Kier molecular flexibility index (Phi) is 5.60. The smallest absolute Gasteiger partial charge is 0.0475 e. The van der Waals surface area contributed by atoms with Crippen LogP contribution in [0.4, 0.5) is 0 Å². The van der Waals surface area contributed by atoms with Crippen LogP contribution in [0.2, 0.25) is 10.0 Å². The Morgan fingerprint density at radius 3 is 2.43 bits per heavy atom. The molecule has 1 aliphatic rings. The monoisotopic (exact) mass is 349 g/mol. The first kappa shape index (κ1) is 16.8. The van der Waals surface area contributed by atoms with Crippen LogP contribution in [0.3, 0.4) is 0 Å². The predicted octanol–water partition coefficient (Wildman–Crippen LogP) is 4.83. The van der Waals surface area contributed by atoms with Gasteiger partial charge in [0, 0.05) is 41.8 Å². The molecule has 0 unspecified atom stereocenters. The van der Waals surface area contributed by atoms with E-state index >= 15 is 0 Å². The molecule has 2 nitrogen and oxygen atoms in total. The summed E-state index contributed by atoms with van der Waals surface area (Å²) < 4.78 is 5.58. The van der Waals surface area contributed by atoms with E-state index in [1.54, 1.807) is 6.07 Å². The van der Waals surface area contributed by atoms with Crippen molar-refractivity contribution in [3.8, 4) is 0 Å². The van der Waals surface area contributed by atoms with Crippen LogP contribution in [0.25, 0.3) is 0 Å². The van der Waals surface area contributed by atoms with Crippen molar-refractivity contribution in [1.29, 1.82) is 0 Å². The zero-order chi connectivity index (χ0) is 16.1. The zero-order valence-electron chi connectivity index (χ0n) is 13.0. The maximum atomic E-state index is 6.26. The topological polar surface area (TPSA) is 21.3 Å². The molecule has 0 bridgehead atoms. The summed E-state index contributed by atoms with van der Waals surface area (Å²) in [6, 6.07) is 16.4. The van der Waals surface area contributed by atoms with Crippen molar-refractivity contribution in [1.82, 2.24) is 5.32 Å². The summed E-state index contributed by atoms with van der Waals surface area (Å²) in [6.07, 6.45) is 2.08. The average Bonchev–Trinajstić information content (AvgIpc) is 2.58. The van der Waals surface area contributed by atoms with E-state index in [1.807, 2.05) is 12.1 Å². The second kappa shape index (κ2) is 7.67. The molecule has 4 heteroatoms. The van der Waals surface area contributed by atoms with E-state index in [0.29, 0.717) is 10.0 Å². The first-order valence-corrected chi connectivity index (χ1v) is 8.73. The van der Waals surface area contributed by atoms with Crippen molar-refractivity contribution in [2.45, 2.75) is 24.8 Å². The Bertz CT molecular complexity index is 639. The third-order valence-electron chi connectivity index (χ3n) is 4.63. The highest BCUT2D eigenvalue weighted by Gasteiger charge is 2.33. The summed E-state index contributed by atoms with van der Waals surface area (Å²) in [4.78, 5) is 0. The standard InChI is InChI=1S/C19H21Cl2NO/c20-17-7-6-15(18(21)12-17)13-22-14-19(8-10-23-11-9-19)16-4-2-1-3-5-16/h1-7,12,22H,8-11,13-14H2. The van der Waals surface area contributed by atoms with Crippen LogP contribution < -0.4 is 5.32 Å². The maximum absolute atomic E-state index is 6.26. The summed E-state index contributed by atoms with van der Waals surface area (Å²) in [5, 5.41) is 4.97. The zero-order valence-corrected chi connectivity index (χ0v) is 14.5. The van der Waals surface area contributed by atoms with E-state index in [2.05, 4.69) is 35.6 Å². The number of hydrogen-bond acceptors (Lipinski definition) is 2. The molecule has 2 aromatic carbocycles. The Labute approximate surface area is 147 Å². The van der Waals surface area contributed by atoms with Crippen molar-refractivity contribution in [3.63, 3.8) is 0 Å². The van der Waals surface area contributed by atoms with Gasteiger partial charge in [-0.25, -0.2) is 0 Å². The van der Waals surface area contributed by atoms with Gasteiger partial charge in [0.25, 0.3) is 0 Å². The van der Waals surface area contributed by atoms with Gasteiger partial charge in [0.2, 0.25) is 0 Å². The van der Waals surface area contributed by atoms with E-state index < -0.39 is 0 Å². The van der Waals surface area contributed by atoms with Crippen molar-refractivity contribution in [2.75, 3.05) is 19.8 Å². The molecule has 23 heavy (non-hydrogen) atoms. The summed E-state index contributed by atoms with van der Waals surface area (Å²) in [5.74, 6) is 0. The summed E-state index contributed by atoms with van der Waals surface area (Å²) >= 11 is 12.2. The Balaban J connectivity index is 1.70. The van der Waals surface area contributed by atoms with Gasteiger partial charge in [0.15, 0.2) is 0 Å². The molecule has 0 atom stereocenters. The fraction of sp³-hybridized carbons (Fsp3) is 0.368. The first-order chi connectivity index (χ1) is 11.2. The van der Waals surface area contributed by atoms with Gasteiger partial charge in [0.1, 0.15) is 0 Å². The fourth-order valence-corrected chi connectivity index (χ4v) is 3.70. The molecule has 1 heterocycles. The van der Waals surface area contributed by atoms with Crippen LogP contribution in [-0.4, -0.2) is 19.8 Å². The largest absolute Gasteiger partial charge is 0.381 e. The molecule has 1 fully saturated rings. The quantitative estimate of drug-likeness (QED) is 0.834. The lowest BCUT2D eigenvalue weighted by Crippen LogP contribution is -2.42. The van der Waals surface area contributed by atoms with Gasteiger partial charge in [-0.1, -0.05) is 59.6 Å². The minimum Gasteiger partial charge on any atom is -0.381 e. The predicted molar refractivity (Wildman–Crippen MR) is 96.3 cm³/mol. The number of rotatable bonds is 5. The van der Waals surface area contributed by atoms with E-state index in [1.165, 1.54) is 5.56 Å². The molecule has 1 aliphatic heterocycles. The van der Waals surface area contributed by atoms with E-state index in [4.69, 9.17) is 27.9 Å². The van der Waals surface area contributed by atoms with Crippen molar-refractivity contribution < 1.29 is 4.74 Å². The Morgan fingerprint density at radius 1 is 1.00 bits per heavy atom. The molecule has 0 saturated carbocycles. The lowest BCUT2D eigenvalue weighted by atomic mass is 9.74. The number of halogens is 2. The van der Waals surface area contributed by atoms with E-state index in [0.717, 1.165) is 44.7 Å². The van der Waals surface area contributed by atoms with Crippen LogP contribution in [0.5, 0.6) is 0 Å². The summed E-state index contributed by atoms with van der Waals surface area (Å²) in [5.41, 5.74) is 2.60. The van der Waals surface area contributed by atoms with Gasteiger partial charge >= 0.3 is 0 Å². The molecule has 1 saturated heterocycles. The highest BCUT2D eigenvalue weighted by molar-refractivity contribution is 6.35. The van der Waals surface area contributed by atoms with Gasteiger partial charge in [-0.3, -0.25) is 0 Å². The summed E-state index contributed by atoms with van der Waals surface area (Å²) in [7, 11) is 0. The molecule has 1 N–H and O–H groups in total. The normalized spacial score (nSPS) is 17.1. The number of ether oxygens (including phenoxy) is 1. The minimum absolute atomic E-state index is 0.137. The second-order valence-corrected chi connectivity index (χ2v) is 6.94. The van der Waals surface area contributed by atoms with Crippen LogP contribution in [-0.2, 0) is 16.7 Å². The molecule has 0 aromatic heterocycles. The molecular formula is C19H21Cl2NO. The highest BCUT2D eigenvalue weighted by atomic mass is 35.5. The summed E-state index contributed by atoms with van der Waals surface area (Å²) in [6.45, 7) is 3.29. The Hall–Kier alpha value is -1.06. The highest BCUT2D eigenvalue weighted by Crippen LogP contribution is 2.34.